The van der Waals surface area contributed by atoms with Gasteiger partial charge in [-0.15, -0.1) is 17.9 Å². The van der Waals surface area contributed by atoms with Crippen molar-refractivity contribution in [1.82, 2.24) is 14.9 Å². The topological polar surface area (TPSA) is 157 Å². The number of nitrogens with one attached hydrogen (secondary N) is 1. The first kappa shape index (κ1) is 40.9. The molecule has 2 N–H and O–H groups in total. The number of hydrogen-bond donors (Lipinski definition) is 2. The van der Waals surface area contributed by atoms with E-state index in [2.05, 4.69) is 11.9 Å². The highest BCUT2D eigenvalue weighted by Crippen LogP contribution is 2.71. The van der Waals surface area contributed by atoms with E-state index in [4.69, 9.17) is 24.2 Å². The SMILES string of the molecule is C=C[C@@H]1C[C@]1(CC(=O)[C@@H]1C[C@@H](Oc2cc(-c3csc(NC(C)C)n3)nc3cc(OC)ccc23)CN1C(=O)[C@@H](CC(=O)OC1CCCC1)C(C)(C)C)P(C)(=O)O. The number of aromatic nitrogens is 2. The van der Waals surface area contributed by atoms with Crippen LogP contribution in [0.25, 0.3) is 22.3 Å². The summed E-state index contributed by atoms with van der Waals surface area (Å²) in [4.78, 5) is 64.4. The standard InChI is InChI=1S/C41H55N4O8PS/c1-9-25-20-41(25,54(8,49)50)21-35(46)34-17-28(22-45(34)38(48)30(40(4,5)6)18-37(47)53-26-12-10-11-13-26)52-36-19-32(33-23-55-39(44-33)42-24(2)3)43-31-16-27(51-7)14-15-29(31)36/h9,14-16,19,23-26,28,30,34H,1,10-13,17-18,20-22H2,2-8H3,(H,42,44)(H,49,50)/t25-,28-,30-,34+,41-/m1/s1. The number of amides is 1. The number of hydrogen-bond acceptors (Lipinski definition) is 11. The van der Waals surface area contributed by atoms with Crippen molar-refractivity contribution in [3.63, 3.8) is 0 Å². The van der Waals surface area contributed by atoms with Gasteiger partial charge in [0.25, 0.3) is 0 Å². The van der Waals surface area contributed by atoms with Gasteiger partial charge in [0, 0.05) is 48.4 Å². The summed E-state index contributed by atoms with van der Waals surface area (Å²) in [5, 5.41) is 5.62. The van der Waals surface area contributed by atoms with Gasteiger partial charge in [-0.25, -0.2) is 9.97 Å². The lowest BCUT2D eigenvalue weighted by Gasteiger charge is -2.35. The van der Waals surface area contributed by atoms with Crippen molar-refractivity contribution < 1.29 is 38.1 Å². The molecular weight excluding hydrogens is 740 g/mol. The number of Topliss-reactive ketones (excluding diaryl/α,β-unsaturated/α-hetero) is 1. The second-order valence-corrected chi connectivity index (χ2v) is 20.4. The molecule has 3 fully saturated rings. The number of benzene rings is 1. The van der Waals surface area contributed by atoms with Crippen LogP contribution in [0, 0.1) is 17.3 Å². The Morgan fingerprint density at radius 3 is 2.49 bits per heavy atom. The Bertz CT molecular complexity index is 1980. The third-order valence-electron chi connectivity index (χ3n) is 11.4. The molecule has 298 valence electrons. The van der Waals surface area contributed by atoms with Crippen molar-refractivity contribution >= 4 is 52.4 Å². The summed E-state index contributed by atoms with van der Waals surface area (Å²) in [6.07, 6.45) is 4.79. The first-order valence-electron chi connectivity index (χ1n) is 19.3. The highest BCUT2D eigenvalue weighted by Gasteiger charge is 2.63. The van der Waals surface area contributed by atoms with E-state index in [-0.39, 0.29) is 55.6 Å². The fraction of sp³-hybridized carbons (Fsp3) is 0.585. The van der Waals surface area contributed by atoms with E-state index in [1.54, 1.807) is 18.1 Å². The Morgan fingerprint density at radius 1 is 1.15 bits per heavy atom. The molecule has 0 bridgehead atoms. The highest BCUT2D eigenvalue weighted by molar-refractivity contribution is 7.59. The van der Waals surface area contributed by atoms with Crippen LogP contribution in [0.4, 0.5) is 5.13 Å². The third-order valence-corrected chi connectivity index (χ3v) is 14.5. The minimum Gasteiger partial charge on any atom is -0.497 e. The number of rotatable bonds is 15. The zero-order valence-electron chi connectivity index (χ0n) is 33.0. The molecule has 2 aliphatic carbocycles. The van der Waals surface area contributed by atoms with Gasteiger partial charge in [0.05, 0.1) is 48.4 Å². The number of thiazole rings is 1. The van der Waals surface area contributed by atoms with Crippen LogP contribution in [0.15, 0.2) is 42.3 Å². The zero-order valence-corrected chi connectivity index (χ0v) is 34.7. The largest absolute Gasteiger partial charge is 0.497 e. The molecule has 3 aliphatic rings. The van der Waals surface area contributed by atoms with E-state index in [1.807, 2.05) is 64.3 Å². The van der Waals surface area contributed by atoms with E-state index in [1.165, 1.54) is 18.0 Å². The van der Waals surface area contributed by atoms with Gasteiger partial charge >= 0.3 is 5.97 Å². The molecule has 55 heavy (non-hydrogen) atoms. The van der Waals surface area contributed by atoms with Crippen LogP contribution in [-0.2, 0) is 23.7 Å². The van der Waals surface area contributed by atoms with Gasteiger partial charge in [0.1, 0.15) is 29.4 Å². The third kappa shape index (κ3) is 8.94. The number of carbonyl (C=O) groups excluding carboxylic acids is 3. The van der Waals surface area contributed by atoms with Crippen molar-refractivity contribution in [1.29, 1.82) is 0 Å². The van der Waals surface area contributed by atoms with Crippen molar-refractivity contribution in [3.8, 4) is 22.9 Å². The molecule has 1 unspecified atom stereocenters. The van der Waals surface area contributed by atoms with Crippen molar-refractivity contribution in [3.05, 3.63) is 42.3 Å². The van der Waals surface area contributed by atoms with Gasteiger partial charge < -0.3 is 29.3 Å². The number of carbonyl (C=O) groups is 3. The molecule has 1 amide bonds. The van der Waals surface area contributed by atoms with E-state index in [0.29, 0.717) is 40.2 Å². The van der Waals surface area contributed by atoms with Gasteiger partial charge in [0.2, 0.25) is 13.3 Å². The lowest BCUT2D eigenvalue weighted by Crippen LogP contribution is -2.48. The second kappa shape index (κ2) is 16.0. The predicted octanol–water partition coefficient (Wildman–Crippen LogP) is 7.88. The molecule has 6 rings (SSSR count). The minimum atomic E-state index is -3.71. The van der Waals surface area contributed by atoms with Crippen molar-refractivity contribution in [2.75, 3.05) is 25.6 Å². The molecule has 14 heteroatoms. The zero-order chi connectivity index (χ0) is 39.9. The fourth-order valence-corrected chi connectivity index (χ4v) is 10.6. The maximum Gasteiger partial charge on any atom is 0.306 e. The minimum absolute atomic E-state index is 0.0781. The number of allylic oxidation sites excluding steroid dienone is 1. The molecule has 2 aromatic heterocycles. The van der Waals surface area contributed by atoms with Crippen LogP contribution in [-0.4, -0.2) is 87.2 Å². The number of anilines is 1. The summed E-state index contributed by atoms with van der Waals surface area (Å²) in [6, 6.07) is 6.61. The quantitative estimate of drug-likeness (QED) is 0.0877. The first-order chi connectivity index (χ1) is 25.9. The van der Waals surface area contributed by atoms with Crippen LogP contribution in [0.5, 0.6) is 11.5 Å². The molecule has 0 radical (unpaired) electrons. The Labute approximate surface area is 327 Å². The molecule has 12 nitrogen and oxygen atoms in total. The average molecular weight is 795 g/mol. The summed E-state index contributed by atoms with van der Waals surface area (Å²) in [5.74, 6) is -0.997. The summed E-state index contributed by atoms with van der Waals surface area (Å²) in [6.45, 7) is 15.0. The van der Waals surface area contributed by atoms with Gasteiger partial charge in [-0.2, -0.15) is 0 Å². The van der Waals surface area contributed by atoms with Gasteiger partial charge in [0.15, 0.2) is 10.9 Å². The number of nitrogens with zero attached hydrogens (tertiary/aromatic N) is 3. The molecule has 0 spiro atoms. The lowest BCUT2D eigenvalue weighted by molar-refractivity contribution is -0.156. The molecule has 1 aromatic carbocycles. The lowest BCUT2D eigenvalue weighted by atomic mass is 9.77. The highest BCUT2D eigenvalue weighted by atomic mass is 32.1. The summed E-state index contributed by atoms with van der Waals surface area (Å²) in [5.41, 5.74) is 1.23. The Morgan fingerprint density at radius 2 is 1.87 bits per heavy atom. The normalized spacial score (nSPS) is 24.4. The van der Waals surface area contributed by atoms with Crippen molar-refractivity contribution in [2.24, 2.45) is 17.3 Å². The average Bonchev–Trinajstić information content (AvgIpc) is 3.50. The molecular formula is C41H55N4O8PS. The van der Waals surface area contributed by atoms with Gasteiger partial charge in [-0.3, -0.25) is 18.9 Å². The number of methoxy groups -OCH3 is 1. The maximum absolute atomic E-state index is 14.7. The number of ether oxygens (including phenoxy) is 3. The molecule has 1 saturated heterocycles. The summed E-state index contributed by atoms with van der Waals surface area (Å²) < 4.78 is 31.3. The molecule has 1 aliphatic heterocycles. The van der Waals surface area contributed by atoms with E-state index in [9.17, 15) is 23.8 Å². The number of ketones is 1. The summed E-state index contributed by atoms with van der Waals surface area (Å²) >= 11 is 1.48. The monoisotopic (exact) mass is 794 g/mol. The van der Waals surface area contributed by atoms with Gasteiger partial charge in [-0.1, -0.05) is 26.8 Å². The van der Waals surface area contributed by atoms with Gasteiger partial charge in [-0.05, 0) is 69.4 Å². The Kier molecular flexibility index (Phi) is 11.9. The molecule has 2 saturated carbocycles. The predicted molar refractivity (Wildman–Crippen MR) is 215 cm³/mol. The van der Waals surface area contributed by atoms with E-state index in [0.717, 1.165) is 30.8 Å². The fourth-order valence-electron chi connectivity index (χ4n) is 8.09. The van der Waals surface area contributed by atoms with E-state index >= 15 is 0 Å². The molecule has 6 atom stereocenters. The van der Waals surface area contributed by atoms with Crippen LogP contribution in [0.1, 0.15) is 86.0 Å². The number of esters is 1. The number of fused-ring (bicyclic) bond motifs is 1. The van der Waals surface area contributed by atoms with Crippen LogP contribution < -0.4 is 14.8 Å². The van der Waals surface area contributed by atoms with E-state index < -0.39 is 42.0 Å². The smallest absolute Gasteiger partial charge is 0.306 e. The van der Waals surface area contributed by atoms with Crippen molar-refractivity contribution in [2.45, 2.75) is 115 Å². The number of likely N-dealkylation sites (tertiary alicyclic amines) is 1. The second-order valence-electron chi connectivity index (χ2n) is 16.9. The summed E-state index contributed by atoms with van der Waals surface area (Å²) in [7, 11) is -2.12. The van der Waals surface area contributed by atoms with Crippen LogP contribution in [0.3, 0.4) is 0 Å². The van der Waals surface area contributed by atoms with Crippen LogP contribution in [0.2, 0.25) is 0 Å². The number of pyridine rings is 1. The van der Waals surface area contributed by atoms with Crippen LogP contribution >= 0.6 is 18.7 Å². The maximum atomic E-state index is 14.7. The Hall–Kier alpha value is -3.80. The molecule has 3 heterocycles. The Balaban J connectivity index is 1.33. The first-order valence-corrected chi connectivity index (χ1v) is 22.2. The molecule has 3 aromatic rings.